The van der Waals surface area contributed by atoms with Crippen molar-refractivity contribution in [3.8, 4) is 0 Å². The molecule has 104 valence electrons. The zero-order valence-corrected chi connectivity index (χ0v) is 13.2. The van der Waals surface area contributed by atoms with E-state index in [1.54, 1.807) is 33.0 Å². The van der Waals surface area contributed by atoms with E-state index in [9.17, 15) is 9.59 Å². The first-order chi connectivity index (χ1) is 8.87. The van der Waals surface area contributed by atoms with Gasteiger partial charge in [0.15, 0.2) is 5.54 Å². The van der Waals surface area contributed by atoms with E-state index in [4.69, 9.17) is 4.74 Å². The average Bonchev–Trinajstić information content (AvgIpc) is 2.44. The van der Waals surface area contributed by atoms with E-state index >= 15 is 0 Å². The standard InChI is InChI=1S/C14H18BrNO3/c1-5-12(17)16(3)14(2,13(18)19-4)10-6-8-11(15)9-7-10/h6-9H,5H2,1-4H3/t14-/m1/s1. The van der Waals surface area contributed by atoms with Gasteiger partial charge in [-0.15, -0.1) is 0 Å². The van der Waals surface area contributed by atoms with Gasteiger partial charge in [0.25, 0.3) is 0 Å². The molecule has 0 saturated carbocycles. The van der Waals surface area contributed by atoms with Crippen LogP contribution in [-0.4, -0.2) is 30.9 Å². The maximum absolute atomic E-state index is 12.2. The topological polar surface area (TPSA) is 46.6 Å². The highest BCUT2D eigenvalue weighted by molar-refractivity contribution is 9.10. The Bertz CT molecular complexity index is 472. The minimum absolute atomic E-state index is 0.115. The number of benzene rings is 1. The molecule has 4 nitrogen and oxygen atoms in total. The van der Waals surface area contributed by atoms with Gasteiger partial charge in [-0.1, -0.05) is 35.0 Å². The zero-order chi connectivity index (χ0) is 14.6. The van der Waals surface area contributed by atoms with E-state index in [-0.39, 0.29) is 5.91 Å². The van der Waals surface area contributed by atoms with Crippen LogP contribution in [0.2, 0.25) is 0 Å². The van der Waals surface area contributed by atoms with Crippen molar-refractivity contribution in [3.05, 3.63) is 34.3 Å². The van der Waals surface area contributed by atoms with Crippen LogP contribution >= 0.6 is 15.9 Å². The second-order valence-corrected chi connectivity index (χ2v) is 5.29. The SMILES string of the molecule is CCC(=O)N(C)[C@@](C)(C(=O)OC)c1ccc(Br)cc1. The predicted octanol–water partition coefficient (Wildman–Crippen LogP) is 2.71. The number of methoxy groups -OCH3 is 1. The molecule has 0 unspecified atom stereocenters. The van der Waals surface area contributed by atoms with Gasteiger partial charge in [0.05, 0.1) is 7.11 Å². The highest BCUT2D eigenvalue weighted by atomic mass is 79.9. The number of nitrogens with zero attached hydrogens (tertiary/aromatic N) is 1. The maximum atomic E-state index is 12.2. The molecule has 0 fully saturated rings. The molecule has 0 radical (unpaired) electrons. The second-order valence-electron chi connectivity index (χ2n) is 4.38. The Balaban J connectivity index is 3.31. The molecule has 0 aliphatic rings. The van der Waals surface area contributed by atoms with Crippen LogP contribution in [0.5, 0.6) is 0 Å². The van der Waals surface area contributed by atoms with Crippen LogP contribution in [0, 0.1) is 0 Å². The van der Waals surface area contributed by atoms with Crippen molar-refractivity contribution in [2.24, 2.45) is 0 Å². The number of hydrogen-bond donors (Lipinski definition) is 0. The number of carbonyl (C=O) groups is 2. The van der Waals surface area contributed by atoms with Crippen LogP contribution < -0.4 is 0 Å². The third kappa shape index (κ3) is 2.97. The van der Waals surface area contributed by atoms with Crippen LogP contribution in [-0.2, 0) is 19.9 Å². The summed E-state index contributed by atoms with van der Waals surface area (Å²) >= 11 is 3.35. The number of hydrogen-bond acceptors (Lipinski definition) is 3. The molecule has 0 aliphatic heterocycles. The van der Waals surface area contributed by atoms with Crippen molar-refractivity contribution in [2.75, 3.05) is 14.2 Å². The highest BCUT2D eigenvalue weighted by Gasteiger charge is 2.42. The fourth-order valence-corrected chi connectivity index (χ4v) is 2.17. The molecular weight excluding hydrogens is 310 g/mol. The average molecular weight is 328 g/mol. The first kappa shape index (κ1) is 15.7. The van der Waals surface area contributed by atoms with E-state index in [2.05, 4.69) is 15.9 Å². The van der Waals surface area contributed by atoms with Crippen LogP contribution in [0.15, 0.2) is 28.7 Å². The minimum atomic E-state index is -1.12. The Morgan fingerprint density at radius 1 is 1.32 bits per heavy atom. The van der Waals surface area contributed by atoms with Crippen molar-refractivity contribution < 1.29 is 14.3 Å². The number of halogens is 1. The molecule has 19 heavy (non-hydrogen) atoms. The van der Waals surface area contributed by atoms with Crippen LogP contribution in [0.25, 0.3) is 0 Å². The van der Waals surface area contributed by atoms with Gasteiger partial charge in [-0.25, -0.2) is 4.79 Å². The third-order valence-corrected chi connectivity index (χ3v) is 3.87. The lowest BCUT2D eigenvalue weighted by molar-refractivity contribution is -0.160. The summed E-state index contributed by atoms with van der Waals surface area (Å²) in [6.07, 6.45) is 0.333. The number of esters is 1. The number of amides is 1. The van der Waals surface area contributed by atoms with Crippen LogP contribution in [0.1, 0.15) is 25.8 Å². The summed E-state index contributed by atoms with van der Waals surface area (Å²) in [5.41, 5.74) is -0.408. The van der Waals surface area contributed by atoms with E-state index in [0.717, 1.165) is 4.47 Å². The summed E-state index contributed by atoms with van der Waals surface area (Å²) in [4.78, 5) is 25.5. The smallest absolute Gasteiger partial charge is 0.336 e. The quantitative estimate of drug-likeness (QED) is 0.799. The van der Waals surface area contributed by atoms with Crippen molar-refractivity contribution >= 4 is 27.8 Å². The Hall–Kier alpha value is -1.36. The second kappa shape index (κ2) is 6.19. The molecule has 0 saturated heterocycles. The van der Waals surface area contributed by atoms with Crippen molar-refractivity contribution in [3.63, 3.8) is 0 Å². The van der Waals surface area contributed by atoms with Gasteiger partial charge < -0.3 is 9.64 Å². The Labute approximate surface area is 121 Å². The lowest BCUT2D eigenvalue weighted by Crippen LogP contribution is -2.51. The molecule has 1 aromatic carbocycles. The van der Waals surface area contributed by atoms with Crippen molar-refractivity contribution in [2.45, 2.75) is 25.8 Å². The molecule has 0 aromatic heterocycles. The van der Waals surface area contributed by atoms with Gasteiger partial charge in [0.2, 0.25) is 5.91 Å². The van der Waals surface area contributed by atoms with Crippen LogP contribution in [0.3, 0.4) is 0 Å². The Morgan fingerprint density at radius 2 is 1.84 bits per heavy atom. The Kier molecular flexibility index (Phi) is 5.11. The number of likely N-dealkylation sites (N-methyl/N-ethyl adjacent to an activating group) is 1. The number of rotatable bonds is 4. The summed E-state index contributed by atoms with van der Waals surface area (Å²) in [7, 11) is 2.94. The fourth-order valence-electron chi connectivity index (χ4n) is 1.91. The largest absolute Gasteiger partial charge is 0.467 e. The van der Waals surface area contributed by atoms with E-state index < -0.39 is 11.5 Å². The molecule has 0 spiro atoms. The van der Waals surface area contributed by atoms with Gasteiger partial charge in [0, 0.05) is 17.9 Å². The first-order valence-corrected chi connectivity index (χ1v) is 6.78. The minimum Gasteiger partial charge on any atom is -0.467 e. The maximum Gasteiger partial charge on any atom is 0.336 e. The molecule has 1 atom stereocenters. The van der Waals surface area contributed by atoms with Gasteiger partial charge >= 0.3 is 5.97 Å². The summed E-state index contributed by atoms with van der Waals surface area (Å²) in [6.45, 7) is 3.45. The molecule has 0 heterocycles. The van der Waals surface area contributed by atoms with Crippen molar-refractivity contribution in [1.82, 2.24) is 4.90 Å². The molecule has 0 aliphatic carbocycles. The lowest BCUT2D eigenvalue weighted by atomic mass is 9.90. The molecule has 1 amide bonds. The molecule has 0 bridgehead atoms. The monoisotopic (exact) mass is 327 g/mol. The fraction of sp³-hybridized carbons (Fsp3) is 0.429. The molecule has 1 aromatic rings. The number of carbonyl (C=O) groups excluding carboxylic acids is 2. The van der Waals surface area contributed by atoms with Crippen molar-refractivity contribution in [1.29, 1.82) is 0 Å². The lowest BCUT2D eigenvalue weighted by Gasteiger charge is -2.36. The van der Waals surface area contributed by atoms with E-state index in [1.165, 1.54) is 12.0 Å². The summed E-state index contributed by atoms with van der Waals surface area (Å²) in [5.74, 6) is -0.574. The van der Waals surface area contributed by atoms with E-state index in [0.29, 0.717) is 12.0 Å². The predicted molar refractivity (Wildman–Crippen MR) is 76.6 cm³/mol. The Morgan fingerprint density at radius 3 is 2.26 bits per heavy atom. The highest BCUT2D eigenvalue weighted by Crippen LogP contribution is 2.30. The van der Waals surface area contributed by atoms with Gasteiger partial charge in [-0.2, -0.15) is 0 Å². The normalized spacial score (nSPS) is 13.5. The summed E-state index contributed by atoms with van der Waals surface area (Å²) < 4.78 is 5.78. The molecular formula is C14H18BrNO3. The van der Waals surface area contributed by atoms with Gasteiger partial charge in [-0.05, 0) is 24.6 Å². The van der Waals surface area contributed by atoms with Gasteiger partial charge in [-0.3, -0.25) is 4.79 Å². The summed E-state index contributed by atoms with van der Waals surface area (Å²) in [5, 5.41) is 0. The third-order valence-electron chi connectivity index (χ3n) is 3.34. The molecule has 5 heteroatoms. The first-order valence-electron chi connectivity index (χ1n) is 5.99. The van der Waals surface area contributed by atoms with Crippen LogP contribution in [0.4, 0.5) is 0 Å². The summed E-state index contributed by atoms with van der Waals surface area (Å²) in [6, 6.07) is 7.28. The number of ether oxygens (including phenoxy) is 1. The zero-order valence-electron chi connectivity index (χ0n) is 11.6. The molecule has 0 N–H and O–H groups in total. The van der Waals surface area contributed by atoms with Gasteiger partial charge in [0.1, 0.15) is 0 Å². The molecule has 1 rings (SSSR count). The van der Waals surface area contributed by atoms with E-state index in [1.807, 2.05) is 12.1 Å².